The van der Waals surface area contributed by atoms with Gasteiger partial charge in [-0.15, -0.1) is 4.36 Å². The molecule has 4 rings (SSSR count). The fourth-order valence-corrected chi connectivity index (χ4v) is 8.35. The Morgan fingerprint density at radius 3 is 2.00 bits per heavy atom. The van der Waals surface area contributed by atoms with Crippen LogP contribution in [0.15, 0.2) is 45.4 Å². The lowest BCUT2D eigenvalue weighted by Gasteiger charge is -2.13. The van der Waals surface area contributed by atoms with Crippen molar-refractivity contribution in [3.8, 4) is 12.4 Å². The molecule has 0 aliphatic carbocycles. The van der Waals surface area contributed by atoms with E-state index in [4.69, 9.17) is 10.5 Å². The van der Waals surface area contributed by atoms with E-state index in [1.807, 2.05) is 0 Å². The third-order valence-electron chi connectivity index (χ3n) is 5.75. The van der Waals surface area contributed by atoms with Crippen molar-refractivity contribution in [3.05, 3.63) is 59.2 Å². The standard InChI is InChI=1S/C11H10F3N3OS.C11H10F3N3S.H2/c12-11(13,14)10-4-3-8(6-16-10)9-2-1-5-19(9,18)17-7-15;12-11(13,14)10-4-3-8(6-16-10)9-2-1-5-18(9)17-7-15;/h3-4,6,9H,1-2,5H2;3-4,6,9H,1-2,5H2;1H/i;;1+1. The average Bonchev–Trinajstić information content (AvgIpc) is 3.45. The first-order chi connectivity index (χ1) is 17.4. The lowest BCUT2D eigenvalue weighted by Crippen LogP contribution is -2.11. The molecule has 0 radical (unpaired) electrons. The molecule has 2 aliphatic rings. The van der Waals surface area contributed by atoms with Crippen LogP contribution in [0.5, 0.6) is 0 Å². The second-order valence-electron chi connectivity index (χ2n) is 8.09. The van der Waals surface area contributed by atoms with E-state index in [0.717, 1.165) is 42.5 Å². The van der Waals surface area contributed by atoms with Crippen LogP contribution in [0.3, 0.4) is 0 Å². The van der Waals surface area contributed by atoms with Crippen LogP contribution in [0.1, 0.15) is 60.1 Å². The first-order valence-electron chi connectivity index (χ1n) is 10.9. The number of aromatic nitrogens is 2. The van der Waals surface area contributed by atoms with Gasteiger partial charge in [0.05, 0.1) is 15.0 Å². The summed E-state index contributed by atoms with van der Waals surface area (Å²) < 4.78 is 93.9. The molecule has 15 heteroatoms. The zero-order chi connectivity index (χ0) is 27.3. The summed E-state index contributed by atoms with van der Waals surface area (Å²) >= 11 is 0. The Morgan fingerprint density at radius 2 is 1.51 bits per heavy atom. The fourth-order valence-electron chi connectivity index (χ4n) is 4.07. The summed E-state index contributed by atoms with van der Waals surface area (Å²) in [5, 5.41) is 16.6. The fraction of sp³-hybridized carbons (Fsp3) is 0.455. The van der Waals surface area contributed by atoms with Crippen molar-refractivity contribution in [1.29, 1.82) is 10.5 Å². The van der Waals surface area contributed by atoms with Gasteiger partial charge in [0.1, 0.15) is 11.4 Å². The van der Waals surface area contributed by atoms with Gasteiger partial charge in [0, 0.05) is 30.6 Å². The molecule has 2 saturated heterocycles. The van der Waals surface area contributed by atoms with Gasteiger partial charge < -0.3 is 0 Å². The summed E-state index contributed by atoms with van der Waals surface area (Å²) in [6, 6.07) is 4.55. The highest BCUT2D eigenvalue weighted by atomic mass is 32.2. The van der Waals surface area contributed by atoms with Gasteiger partial charge in [-0.05, 0) is 48.9 Å². The molecule has 37 heavy (non-hydrogen) atoms. The topological polar surface area (TPSA) is 115 Å². The second-order valence-corrected chi connectivity index (χ2v) is 12.6. The zero-order valence-corrected chi connectivity index (χ0v) is 20.7. The van der Waals surface area contributed by atoms with Crippen molar-refractivity contribution in [2.24, 2.45) is 8.73 Å². The van der Waals surface area contributed by atoms with Crippen LogP contribution in [0.2, 0.25) is 0 Å². The Kier molecular flexibility index (Phi) is 8.92. The van der Waals surface area contributed by atoms with E-state index in [1.165, 1.54) is 24.5 Å². The maximum Gasteiger partial charge on any atom is 0.433 e. The third-order valence-corrected chi connectivity index (χ3v) is 10.6. The van der Waals surface area contributed by atoms with Gasteiger partial charge in [0.2, 0.25) is 12.4 Å². The van der Waals surface area contributed by atoms with Gasteiger partial charge in [0.25, 0.3) is 0 Å². The molecule has 2 aromatic heterocycles. The minimum atomic E-state index is -4.49. The van der Waals surface area contributed by atoms with Crippen molar-refractivity contribution in [2.45, 2.75) is 48.5 Å². The summed E-state index contributed by atoms with van der Waals surface area (Å²) in [6.45, 7) is 0. The lowest BCUT2D eigenvalue weighted by molar-refractivity contribution is -0.142. The van der Waals surface area contributed by atoms with Gasteiger partial charge in [-0.3, -0.25) is 9.97 Å². The van der Waals surface area contributed by atoms with Crippen LogP contribution in [0.4, 0.5) is 26.3 Å². The normalized spacial score (nSPS) is 25.6. The summed E-state index contributed by atoms with van der Waals surface area (Å²) in [5.41, 5.74) is -0.698. The molecular formula is C22H22F6N6OS2. The van der Waals surface area contributed by atoms with Crippen molar-refractivity contribution in [2.75, 3.05) is 11.5 Å². The molecule has 2 aromatic rings. The number of pyridine rings is 2. The van der Waals surface area contributed by atoms with Gasteiger partial charge >= 0.3 is 12.4 Å². The summed E-state index contributed by atoms with van der Waals surface area (Å²) in [5.74, 6) is 1.13. The van der Waals surface area contributed by atoms with Crippen LogP contribution in [0.25, 0.3) is 0 Å². The molecule has 4 atom stereocenters. The Bertz CT molecular complexity index is 1340. The molecule has 2 aliphatic heterocycles. The van der Waals surface area contributed by atoms with E-state index in [2.05, 4.69) is 18.7 Å². The highest BCUT2D eigenvalue weighted by Gasteiger charge is 2.35. The minimum absolute atomic E-state index is 0. The van der Waals surface area contributed by atoms with Gasteiger partial charge in [0.15, 0.2) is 0 Å². The largest absolute Gasteiger partial charge is 0.433 e. The number of rotatable bonds is 2. The zero-order valence-electron chi connectivity index (χ0n) is 19.0. The van der Waals surface area contributed by atoms with E-state index in [9.17, 15) is 30.6 Å². The quantitative estimate of drug-likeness (QED) is 0.311. The van der Waals surface area contributed by atoms with Crippen LogP contribution in [-0.2, 0) is 32.8 Å². The van der Waals surface area contributed by atoms with E-state index in [-0.39, 0.29) is 6.68 Å². The van der Waals surface area contributed by atoms with E-state index in [0.29, 0.717) is 24.2 Å². The Labute approximate surface area is 213 Å². The molecule has 0 saturated carbocycles. The second kappa shape index (κ2) is 11.6. The van der Waals surface area contributed by atoms with Gasteiger partial charge in [-0.1, -0.05) is 22.8 Å². The molecule has 0 N–H and O–H groups in total. The van der Waals surface area contributed by atoms with E-state index in [1.54, 1.807) is 6.19 Å². The average molecular weight is 566 g/mol. The van der Waals surface area contributed by atoms with Crippen molar-refractivity contribution in [3.63, 3.8) is 0 Å². The van der Waals surface area contributed by atoms with Crippen LogP contribution < -0.4 is 0 Å². The number of alkyl halides is 6. The number of nitrogens with zero attached hydrogens (tertiary/aromatic N) is 6. The number of hydrogen-bond donors (Lipinski definition) is 0. The van der Waals surface area contributed by atoms with Crippen LogP contribution in [-0.4, -0.2) is 25.7 Å². The SMILES string of the molecule is N#CN=S1(=O)CCCC1c1ccc(C(F)(F)F)nc1.N#CN=S1CCCC1c1ccc(C(F)(F)F)nc1.[2HH]. The first-order valence-corrected chi connectivity index (χ1v) is 14.0. The smallest absolute Gasteiger partial charge is 0.251 e. The highest BCUT2D eigenvalue weighted by molar-refractivity contribution is 7.94. The number of hydrogen-bond acceptors (Lipinski definition) is 7. The molecule has 0 amide bonds. The van der Waals surface area contributed by atoms with Crippen LogP contribution >= 0.6 is 0 Å². The number of halogens is 6. The monoisotopic (exact) mass is 565 g/mol. The minimum Gasteiger partial charge on any atom is -0.251 e. The van der Waals surface area contributed by atoms with Crippen molar-refractivity contribution >= 4 is 20.4 Å². The molecule has 0 spiro atoms. The predicted octanol–water partition coefficient (Wildman–Crippen LogP) is 6.35. The Balaban J connectivity index is 0.000000260. The summed E-state index contributed by atoms with van der Waals surface area (Å²) in [7, 11) is -3.10. The molecule has 4 heterocycles. The molecule has 0 bridgehead atoms. The maximum atomic E-state index is 12.4. The van der Waals surface area contributed by atoms with E-state index < -0.39 is 49.4 Å². The maximum absolute atomic E-state index is 12.4. The van der Waals surface area contributed by atoms with Gasteiger partial charge in [-0.2, -0.15) is 41.2 Å². The Morgan fingerprint density at radius 1 is 0.919 bits per heavy atom. The first kappa shape index (κ1) is 28.5. The Hall–Kier alpha value is -3.04. The third kappa shape index (κ3) is 7.05. The molecular weight excluding hydrogens is 542 g/mol. The summed E-state index contributed by atoms with van der Waals surface area (Å²) in [6.07, 6.45) is -0.290. The van der Waals surface area contributed by atoms with Crippen LogP contribution in [0, 0.1) is 22.9 Å². The molecule has 200 valence electrons. The molecule has 4 unspecified atom stereocenters. The molecule has 0 aromatic carbocycles. The molecule has 7 nitrogen and oxygen atoms in total. The van der Waals surface area contributed by atoms with Crippen molar-refractivity contribution < 1.29 is 32.0 Å². The summed E-state index contributed by atoms with van der Waals surface area (Å²) in [4.78, 5) is 6.79. The number of nitriles is 2. The lowest BCUT2D eigenvalue weighted by atomic mass is 10.1. The van der Waals surface area contributed by atoms with Crippen molar-refractivity contribution in [1.82, 2.24) is 9.97 Å². The highest BCUT2D eigenvalue weighted by Crippen LogP contribution is 2.37. The van der Waals surface area contributed by atoms with E-state index >= 15 is 0 Å². The molecule has 2 fully saturated rings. The predicted molar refractivity (Wildman–Crippen MR) is 126 cm³/mol. The van der Waals surface area contributed by atoms with Gasteiger partial charge in [-0.25, -0.2) is 4.21 Å².